The van der Waals surface area contributed by atoms with Gasteiger partial charge in [0.15, 0.2) is 0 Å². The molecule has 5 heteroatoms. The smallest absolute Gasteiger partial charge is 0.150 e. The first-order valence-corrected chi connectivity index (χ1v) is 6.73. The highest BCUT2D eigenvalue weighted by atomic mass is 35.5. The number of hydrogen-bond donors (Lipinski definition) is 0. The SMILES string of the molecule is ClC1CCN(c2ncnc3ccsc23)CC1. The second-order valence-electron chi connectivity index (χ2n) is 3.99. The first kappa shape index (κ1) is 10.3. The minimum atomic E-state index is 0.330. The van der Waals surface area contributed by atoms with Crippen molar-refractivity contribution < 1.29 is 0 Å². The maximum Gasteiger partial charge on any atom is 0.150 e. The van der Waals surface area contributed by atoms with Crippen molar-refractivity contribution in [3.05, 3.63) is 17.8 Å². The molecule has 0 aliphatic carbocycles. The number of alkyl halides is 1. The van der Waals surface area contributed by atoms with Gasteiger partial charge in [0, 0.05) is 18.5 Å². The van der Waals surface area contributed by atoms with E-state index in [1.54, 1.807) is 17.7 Å². The number of nitrogens with zero attached hydrogens (tertiary/aromatic N) is 3. The average molecular weight is 254 g/mol. The number of anilines is 1. The number of fused-ring (bicyclic) bond motifs is 1. The third kappa shape index (κ3) is 1.76. The summed E-state index contributed by atoms with van der Waals surface area (Å²) in [6.45, 7) is 2.00. The highest BCUT2D eigenvalue weighted by Crippen LogP contribution is 2.30. The molecule has 0 atom stereocenters. The van der Waals surface area contributed by atoms with Gasteiger partial charge in [0.25, 0.3) is 0 Å². The van der Waals surface area contributed by atoms with Crippen LogP contribution in [0.15, 0.2) is 17.8 Å². The first-order chi connectivity index (χ1) is 7.84. The van der Waals surface area contributed by atoms with Crippen molar-refractivity contribution in [1.82, 2.24) is 9.97 Å². The van der Waals surface area contributed by atoms with Gasteiger partial charge in [-0.15, -0.1) is 22.9 Å². The van der Waals surface area contributed by atoms with E-state index in [1.807, 2.05) is 6.07 Å². The zero-order valence-corrected chi connectivity index (χ0v) is 10.3. The second kappa shape index (κ2) is 4.18. The van der Waals surface area contributed by atoms with Crippen LogP contribution in [0.2, 0.25) is 0 Å². The lowest BCUT2D eigenvalue weighted by molar-refractivity contribution is 0.582. The van der Waals surface area contributed by atoms with E-state index in [0.29, 0.717) is 5.38 Å². The molecule has 1 saturated heterocycles. The molecule has 0 spiro atoms. The Kier molecular flexibility index (Phi) is 2.69. The molecular formula is C11H12ClN3S. The third-order valence-corrected chi connectivity index (χ3v) is 4.28. The van der Waals surface area contributed by atoms with Crippen molar-refractivity contribution in [2.75, 3.05) is 18.0 Å². The molecule has 3 nitrogen and oxygen atoms in total. The quantitative estimate of drug-likeness (QED) is 0.732. The summed E-state index contributed by atoms with van der Waals surface area (Å²) in [6.07, 6.45) is 3.73. The summed E-state index contributed by atoms with van der Waals surface area (Å²) in [5, 5.41) is 2.40. The Hall–Kier alpha value is -0.870. The van der Waals surface area contributed by atoms with Gasteiger partial charge in [0.1, 0.15) is 12.1 Å². The van der Waals surface area contributed by atoms with Crippen LogP contribution < -0.4 is 4.90 Å². The number of halogens is 1. The molecule has 0 aromatic carbocycles. The topological polar surface area (TPSA) is 29.0 Å². The Labute approximate surface area is 103 Å². The lowest BCUT2D eigenvalue weighted by atomic mass is 10.1. The third-order valence-electron chi connectivity index (χ3n) is 2.95. The molecule has 3 heterocycles. The minimum Gasteiger partial charge on any atom is -0.355 e. The number of hydrogen-bond acceptors (Lipinski definition) is 4. The zero-order valence-electron chi connectivity index (χ0n) is 8.77. The van der Waals surface area contributed by atoms with E-state index in [0.717, 1.165) is 37.3 Å². The van der Waals surface area contributed by atoms with Crippen molar-refractivity contribution in [2.45, 2.75) is 18.2 Å². The largest absolute Gasteiger partial charge is 0.355 e. The van der Waals surface area contributed by atoms with Crippen LogP contribution in [0.1, 0.15) is 12.8 Å². The van der Waals surface area contributed by atoms with Crippen LogP contribution in [0.3, 0.4) is 0 Å². The molecule has 0 bridgehead atoms. The van der Waals surface area contributed by atoms with E-state index in [-0.39, 0.29) is 0 Å². The number of aromatic nitrogens is 2. The average Bonchev–Trinajstić information content (AvgIpc) is 2.78. The number of piperidine rings is 1. The van der Waals surface area contributed by atoms with Crippen LogP contribution in [0, 0.1) is 0 Å². The van der Waals surface area contributed by atoms with Gasteiger partial charge in [0.05, 0.1) is 10.2 Å². The summed E-state index contributed by atoms with van der Waals surface area (Å²) >= 11 is 7.82. The normalized spacial score (nSPS) is 18.2. The standard InChI is InChI=1S/C11H12ClN3S/c12-8-1-4-15(5-2-8)11-10-9(3-6-16-10)13-7-14-11/h3,6-8H,1-2,4-5H2. The van der Waals surface area contributed by atoms with Crippen molar-refractivity contribution in [3.63, 3.8) is 0 Å². The lowest BCUT2D eigenvalue weighted by Crippen LogP contribution is -2.34. The summed E-state index contributed by atoms with van der Waals surface area (Å²) < 4.78 is 1.19. The van der Waals surface area contributed by atoms with E-state index < -0.39 is 0 Å². The van der Waals surface area contributed by atoms with E-state index in [2.05, 4.69) is 20.2 Å². The fourth-order valence-corrected chi connectivity index (χ4v) is 3.12. The van der Waals surface area contributed by atoms with Gasteiger partial charge in [-0.25, -0.2) is 9.97 Å². The molecule has 3 rings (SSSR count). The van der Waals surface area contributed by atoms with Gasteiger partial charge in [0.2, 0.25) is 0 Å². The molecule has 1 fully saturated rings. The van der Waals surface area contributed by atoms with Crippen LogP contribution in [0.5, 0.6) is 0 Å². The van der Waals surface area contributed by atoms with Gasteiger partial charge < -0.3 is 4.90 Å². The number of thiophene rings is 1. The second-order valence-corrected chi connectivity index (χ2v) is 5.53. The van der Waals surface area contributed by atoms with Crippen LogP contribution in [0.25, 0.3) is 10.2 Å². The highest BCUT2D eigenvalue weighted by Gasteiger charge is 2.20. The molecule has 0 saturated carbocycles. The van der Waals surface area contributed by atoms with Crippen LogP contribution in [-0.2, 0) is 0 Å². The van der Waals surface area contributed by atoms with E-state index in [9.17, 15) is 0 Å². The maximum absolute atomic E-state index is 6.11. The predicted octanol–water partition coefficient (Wildman–Crippen LogP) is 2.90. The molecule has 1 aliphatic rings. The summed E-state index contributed by atoms with van der Waals surface area (Å²) in [5.74, 6) is 1.07. The lowest BCUT2D eigenvalue weighted by Gasteiger charge is -2.30. The van der Waals surface area contributed by atoms with E-state index in [1.165, 1.54) is 4.70 Å². The van der Waals surface area contributed by atoms with Crippen LogP contribution in [-0.4, -0.2) is 28.4 Å². The Morgan fingerprint density at radius 3 is 2.94 bits per heavy atom. The summed E-state index contributed by atoms with van der Waals surface area (Å²) in [6, 6.07) is 2.04. The van der Waals surface area contributed by atoms with Gasteiger partial charge in [-0.3, -0.25) is 0 Å². The van der Waals surface area contributed by atoms with Gasteiger partial charge in [-0.05, 0) is 24.3 Å². The molecule has 1 aliphatic heterocycles. The Morgan fingerprint density at radius 2 is 2.12 bits per heavy atom. The predicted molar refractivity (Wildman–Crippen MR) is 68.5 cm³/mol. The Bertz CT molecular complexity index is 491. The van der Waals surface area contributed by atoms with E-state index in [4.69, 9.17) is 11.6 Å². The molecule has 2 aromatic heterocycles. The van der Waals surface area contributed by atoms with Gasteiger partial charge in [-0.2, -0.15) is 0 Å². The zero-order chi connectivity index (χ0) is 11.0. The molecule has 0 amide bonds. The molecule has 0 unspecified atom stereocenters. The summed E-state index contributed by atoms with van der Waals surface area (Å²) in [5.41, 5.74) is 1.04. The fourth-order valence-electron chi connectivity index (χ4n) is 2.06. The summed E-state index contributed by atoms with van der Waals surface area (Å²) in [4.78, 5) is 11.0. The molecule has 16 heavy (non-hydrogen) atoms. The molecular weight excluding hydrogens is 242 g/mol. The van der Waals surface area contributed by atoms with Gasteiger partial charge in [-0.1, -0.05) is 0 Å². The first-order valence-electron chi connectivity index (χ1n) is 5.42. The molecule has 0 N–H and O–H groups in total. The van der Waals surface area contributed by atoms with Gasteiger partial charge >= 0.3 is 0 Å². The van der Waals surface area contributed by atoms with Crippen LogP contribution >= 0.6 is 22.9 Å². The van der Waals surface area contributed by atoms with Crippen molar-refractivity contribution in [3.8, 4) is 0 Å². The molecule has 2 aromatic rings. The Morgan fingerprint density at radius 1 is 1.31 bits per heavy atom. The van der Waals surface area contributed by atoms with Crippen molar-refractivity contribution in [2.24, 2.45) is 0 Å². The number of rotatable bonds is 1. The highest BCUT2D eigenvalue weighted by molar-refractivity contribution is 7.17. The summed E-state index contributed by atoms with van der Waals surface area (Å²) in [7, 11) is 0. The maximum atomic E-state index is 6.11. The Balaban J connectivity index is 1.96. The monoisotopic (exact) mass is 253 g/mol. The van der Waals surface area contributed by atoms with Crippen molar-refractivity contribution in [1.29, 1.82) is 0 Å². The molecule has 0 radical (unpaired) electrons. The van der Waals surface area contributed by atoms with E-state index >= 15 is 0 Å². The minimum absolute atomic E-state index is 0.330. The fraction of sp³-hybridized carbons (Fsp3) is 0.455. The van der Waals surface area contributed by atoms with Crippen LogP contribution in [0.4, 0.5) is 5.82 Å². The molecule has 84 valence electrons. The van der Waals surface area contributed by atoms with Crippen molar-refractivity contribution >= 4 is 39.0 Å².